The molecule has 0 radical (unpaired) electrons. The van der Waals surface area contributed by atoms with Crippen molar-refractivity contribution in [2.45, 2.75) is 44.6 Å². The van der Waals surface area contributed by atoms with Crippen LogP contribution in [0.4, 0.5) is 0 Å². The molecule has 104 valence electrons. The first-order valence-corrected chi connectivity index (χ1v) is 7.20. The highest BCUT2D eigenvalue weighted by Crippen LogP contribution is 2.35. The Morgan fingerprint density at radius 3 is 3.05 bits per heavy atom. The normalized spacial score (nSPS) is 19.9. The summed E-state index contributed by atoms with van der Waals surface area (Å²) in [5.74, 6) is -0.182. The zero-order valence-electron chi connectivity index (χ0n) is 11.1. The maximum atomic E-state index is 12.4. The summed E-state index contributed by atoms with van der Waals surface area (Å²) in [6.07, 6.45) is 2.93. The summed E-state index contributed by atoms with van der Waals surface area (Å²) in [6, 6.07) is 2.03. The Labute approximate surface area is 116 Å². The number of amidine groups is 1. The molecule has 0 saturated heterocycles. The average molecular weight is 281 g/mol. The number of rotatable bonds is 3. The highest BCUT2D eigenvalue weighted by atomic mass is 32.1. The van der Waals surface area contributed by atoms with E-state index in [0.717, 1.165) is 24.8 Å². The topological polar surface area (TPSA) is 87.7 Å². The second-order valence-electron chi connectivity index (χ2n) is 5.34. The molecule has 1 aliphatic rings. The molecule has 0 saturated carbocycles. The first-order chi connectivity index (χ1) is 8.95. The number of nitrogens with one attached hydrogen (secondary N) is 1. The van der Waals surface area contributed by atoms with Gasteiger partial charge >= 0.3 is 0 Å². The molecule has 0 spiro atoms. The Morgan fingerprint density at radius 2 is 2.37 bits per heavy atom. The number of carbonyl (C=O) groups excluding carboxylic acids is 1. The van der Waals surface area contributed by atoms with Gasteiger partial charge in [-0.25, -0.2) is 0 Å². The fourth-order valence-corrected chi connectivity index (χ4v) is 3.33. The van der Waals surface area contributed by atoms with Crippen LogP contribution >= 0.6 is 11.3 Å². The van der Waals surface area contributed by atoms with E-state index >= 15 is 0 Å². The Bertz CT molecular complexity index is 508. The number of fused-ring (bicyclic) bond motifs is 1. The molecule has 5 nitrogen and oxygen atoms in total. The van der Waals surface area contributed by atoms with E-state index in [9.17, 15) is 4.79 Å². The molecular formula is C13H19N3O2S. The first kappa shape index (κ1) is 13.9. The van der Waals surface area contributed by atoms with Crippen molar-refractivity contribution in [1.29, 1.82) is 0 Å². The summed E-state index contributed by atoms with van der Waals surface area (Å²) in [4.78, 5) is 13.7. The summed E-state index contributed by atoms with van der Waals surface area (Å²) in [5, 5.41) is 16.6. The van der Waals surface area contributed by atoms with Gasteiger partial charge in [0.15, 0.2) is 5.84 Å². The van der Waals surface area contributed by atoms with Gasteiger partial charge in [0.25, 0.3) is 0 Å². The van der Waals surface area contributed by atoms with Crippen LogP contribution in [0.15, 0.2) is 16.6 Å². The molecule has 1 atom stereocenters. The van der Waals surface area contributed by atoms with Gasteiger partial charge in [-0.3, -0.25) is 4.79 Å². The molecule has 2 rings (SSSR count). The second kappa shape index (κ2) is 5.21. The third-order valence-electron chi connectivity index (χ3n) is 3.55. The molecule has 0 bridgehead atoms. The van der Waals surface area contributed by atoms with Crippen molar-refractivity contribution >= 4 is 23.1 Å². The Balaban J connectivity index is 2.15. The van der Waals surface area contributed by atoms with Crippen LogP contribution in [0, 0.1) is 0 Å². The number of aryl methyl sites for hydroxylation is 1. The number of carbonyl (C=O) groups is 1. The quantitative estimate of drug-likeness (QED) is 0.342. The lowest BCUT2D eigenvalue weighted by molar-refractivity contribution is -0.123. The molecule has 0 fully saturated rings. The highest BCUT2D eigenvalue weighted by molar-refractivity contribution is 7.10. The fraction of sp³-hybridized carbons (Fsp3) is 0.538. The maximum absolute atomic E-state index is 12.4. The van der Waals surface area contributed by atoms with Crippen molar-refractivity contribution in [3.63, 3.8) is 0 Å². The zero-order valence-corrected chi connectivity index (χ0v) is 12.0. The average Bonchev–Trinajstić information content (AvgIpc) is 2.84. The molecule has 1 aliphatic carbocycles. The lowest BCUT2D eigenvalue weighted by atomic mass is 9.86. The van der Waals surface area contributed by atoms with E-state index in [2.05, 4.69) is 10.5 Å². The van der Waals surface area contributed by atoms with Crippen LogP contribution < -0.4 is 11.1 Å². The van der Waals surface area contributed by atoms with Gasteiger partial charge in [-0.2, -0.15) is 0 Å². The van der Waals surface area contributed by atoms with Gasteiger partial charge in [0.05, 0.1) is 11.5 Å². The van der Waals surface area contributed by atoms with Crippen LogP contribution in [0.2, 0.25) is 0 Å². The molecule has 1 amide bonds. The number of amides is 1. The SMILES string of the molecule is CC(C)(NC(=O)C1CCCc2sccc21)/C(N)=N/O. The molecular weight excluding hydrogens is 262 g/mol. The van der Waals surface area contributed by atoms with Gasteiger partial charge in [0.2, 0.25) is 5.91 Å². The van der Waals surface area contributed by atoms with Gasteiger partial charge in [0.1, 0.15) is 0 Å². The van der Waals surface area contributed by atoms with Crippen LogP contribution in [0.3, 0.4) is 0 Å². The number of hydrogen-bond acceptors (Lipinski definition) is 4. The van der Waals surface area contributed by atoms with Crippen molar-refractivity contribution in [3.8, 4) is 0 Å². The van der Waals surface area contributed by atoms with E-state index in [1.807, 2.05) is 11.4 Å². The minimum absolute atomic E-state index is 0.00204. The molecule has 4 N–H and O–H groups in total. The minimum atomic E-state index is -0.848. The molecule has 1 aromatic rings. The highest BCUT2D eigenvalue weighted by Gasteiger charge is 2.32. The lowest BCUT2D eigenvalue weighted by Gasteiger charge is -2.29. The van der Waals surface area contributed by atoms with Crippen molar-refractivity contribution in [2.24, 2.45) is 10.9 Å². The van der Waals surface area contributed by atoms with E-state index in [0.29, 0.717) is 0 Å². The second-order valence-corrected chi connectivity index (χ2v) is 6.34. The van der Waals surface area contributed by atoms with Crippen molar-refractivity contribution in [1.82, 2.24) is 5.32 Å². The summed E-state index contributed by atoms with van der Waals surface area (Å²) < 4.78 is 0. The summed E-state index contributed by atoms with van der Waals surface area (Å²) in [5.41, 5.74) is 5.87. The van der Waals surface area contributed by atoms with Gasteiger partial charge in [-0.15, -0.1) is 11.3 Å². The molecule has 6 heteroatoms. The Kier molecular flexibility index (Phi) is 3.80. The standard InChI is InChI=1S/C13H19N3O2S/c1-13(2,12(14)16-18)15-11(17)9-4-3-5-10-8(9)6-7-19-10/h6-7,9,18H,3-5H2,1-2H3,(H2,14,16)(H,15,17). The number of nitrogens with zero attached hydrogens (tertiary/aromatic N) is 1. The van der Waals surface area contributed by atoms with Crippen LogP contribution in [-0.4, -0.2) is 22.5 Å². The zero-order chi connectivity index (χ0) is 14.0. The van der Waals surface area contributed by atoms with Crippen molar-refractivity contribution in [3.05, 3.63) is 21.9 Å². The fourth-order valence-electron chi connectivity index (χ4n) is 2.34. The molecule has 1 heterocycles. The lowest BCUT2D eigenvalue weighted by Crippen LogP contribution is -2.54. The minimum Gasteiger partial charge on any atom is -0.409 e. The van der Waals surface area contributed by atoms with Crippen LogP contribution in [0.25, 0.3) is 0 Å². The largest absolute Gasteiger partial charge is 0.409 e. The first-order valence-electron chi connectivity index (χ1n) is 6.32. The van der Waals surface area contributed by atoms with E-state index in [1.54, 1.807) is 25.2 Å². The molecule has 1 unspecified atom stereocenters. The van der Waals surface area contributed by atoms with Gasteiger partial charge in [-0.1, -0.05) is 5.16 Å². The third-order valence-corrected chi connectivity index (χ3v) is 4.55. The number of thiophene rings is 1. The molecule has 1 aromatic heterocycles. The van der Waals surface area contributed by atoms with E-state index in [4.69, 9.17) is 10.9 Å². The monoisotopic (exact) mass is 281 g/mol. The number of nitrogens with two attached hydrogens (primary N) is 1. The predicted molar refractivity (Wildman–Crippen MR) is 75.6 cm³/mol. The smallest absolute Gasteiger partial charge is 0.228 e. The Hall–Kier alpha value is -1.56. The van der Waals surface area contributed by atoms with Gasteiger partial charge in [0, 0.05) is 4.88 Å². The van der Waals surface area contributed by atoms with Gasteiger partial charge < -0.3 is 16.3 Å². The summed E-state index contributed by atoms with van der Waals surface area (Å²) in [7, 11) is 0. The summed E-state index contributed by atoms with van der Waals surface area (Å²) in [6.45, 7) is 3.44. The van der Waals surface area contributed by atoms with E-state index in [1.165, 1.54) is 4.88 Å². The number of oxime groups is 1. The predicted octanol–water partition coefficient (Wildman–Crippen LogP) is 1.81. The molecule has 0 aromatic carbocycles. The van der Waals surface area contributed by atoms with Crippen molar-refractivity contribution in [2.75, 3.05) is 0 Å². The van der Waals surface area contributed by atoms with Gasteiger partial charge in [-0.05, 0) is 50.1 Å². The Morgan fingerprint density at radius 1 is 1.63 bits per heavy atom. The van der Waals surface area contributed by atoms with E-state index < -0.39 is 5.54 Å². The van der Waals surface area contributed by atoms with E-state index in [-0.39, 0.29) is 17.7 Å². The van der Waals surface area contributed by atoms with Crippen LogP contribution in [0.1, 0.15) is 43.0 Å². The van der Waals surface area contributed by atoms with Crippen LogP contribution in [-0.2, 0) is 11.2 Å². The number of hydrogen-bond donors (Lipinski definition) is 3. The van der Waals surface area contributed by atoms with Crippen molar-refractivity contribution < 1.29 is 10.0 Å². The molecule has 19 heavy (non-hydrogen) atoms. The maximum Gasteiger partial charge on any atom is 0.228 e. The molecule has 0 aliphatic heterocycles. The summed E-state index contributed by atoms with van der Waals surface area (Å²) >= 11 is 1.71. The third kappa shape index (κ3) is 2.73. The van der Waals surface area contributed by atoms with Crippen LogP contribution in [0.5, 0.6) is 0 Å².